The Bertz CT molecular complexity index is 230. The van der Waals surface area contributed by atoms with E-state index in [1.165, 1.54) is 25.7 Å². The lowest BCUT2D eigenvalue weighted by Crippen LogP contribution is -2.48. The zero-order valence-corrected chi connectivity index (χ0v) is 10.3. The van der Waals surface area contributed by atoms with Crippen molar-refractivity contribution in [2.75, 3.05) is 13.1 Å². The van der Waals surface area contributed by atoms with Crippen molar-refractivity contribution < 1.29 is 0 Å². The summed E-state index contributed by atoms with van der Waals surface area (Å²) >= 11 is 5.91. The van der Waals surface area contributed by atoms with E-state index < -0.39 is 0 Å². The quantitative estimate of drug-likeness (QED) is 0.795. The number of nitrogens with zero attached hydrogens (tertiary/aromatic N) is 1. The normalized spacial score (nSPS) is 34.7. The minimum Gasteiger partial charge on any atom is -0.311 e. The second-order valence-electron chi connectivity index (χ2n) is 4.84. The molecule has 15 heavy (non-hydrogen) atoms. The maximum Gasteiger partial charge on any atom is 0.0338 e. The zero-order chi connectivity index (χ0) is 10.8. The number of piperidine rings is 1. The van der Waals surface area contributed by atoms with Crippen molar-refractivity contribution in [3.05, 3.63) is 11.6 Å². The van der Waals surface area contributed by atoms with Gasteiger partial charge in [-0.2, -0.15) is 0 Å². The van der Waals surface area contributed by atoms with Crippen LogP contribution in [0.3, 0.4) is 0 Å². The van der Waals surface area contributed by atoms with Crippen molar-refractivity contribution in [2.45, 2.75) is 50.7 Å². The summed E-state index contributed by atoms with van der Waals surface area (Å²) in [5.41, 5.74) is 0. The molecule has 2 unspecified atom stereocenters. The van der Waals surface area contributed by atoms with Gasteiger partial charge in [0.2, 0.25) is 0 Å². The summed E-state index contributed by atoms with van der Waals surface area (Å²) in [5, 5.41) is 4.44. The largest absolute Gasteiger partial charge is 0.311 e. The van der Waals surface area contributed by atoms with Crippen LogP contribution in [-0.2, 0) is 0 Å². The lowest BCUT2D eigenvalue weighted by molar-refractivity contribution is 0.161. The van der Waals surface area contributed by atoms with Gasteiger partial charge in [-0.3, -0.25) is 4.90 Å². The Morgan fingerprint density at radius 1 is 1.40 bits per heavy atom. The molecule has 0 aromatic heterocycles. The average molecular weight is 229 g/mol. The minimum atomic E-state index is 0.712. The van der Waals surface area contributed by atoms with E-state index in [2.05, 4.69) is 23.7 Å². The highest BCUT2D eigenvalue weighted by Crippen LogP contribution is 2.30. The van der Waals surface area contributed by atoms with Crippen molar-refractivity contribution >= 4 is 11.6 Å². The van der Waals surface area contributed by atoms with Crippen molar-refractivity contribution in [3.8, 4) is 0 Å². The van der Waals surface area contributed by atoms with Crippen LogP contribution in [0, 0.1) is 0 Å². The van der Waals surface area contributed by atoms with E-state index in [4.69, 9.17) is 11.6 Å². The van der Waals surface area contributed by atoms with Gasteiger partial charge >= 0.3 is 0 Å². The van der Waals surface area contributed by atoms with Crippen LogP contribution in [0.15, 0.2) is 11.6 Å². The lowest BCUT2D eigenvalue weighted by atomic mass is 9.98. The van der Waals surface area contributed by atoms with Crippen LogP contribution in [0.25, 0.3) is 0 Å². The first kappa shape index (κ1) is 11.4. The van der Waals surface area contributed by atoms with Crippen LogP contribution >= 0.6 is 11.6 Å². The summed E-state index contributed by atoms with van der Waals surface area (Å²) in [4.78, 5) is 2.47. The lowest BCUT2D eigenvalue weighted by Gasteiger charge is -2.37. The topological polar surface area (TPSA) is 15.3 Å². The Balaban J connectivity index is 1.93. The second-order valence-corrected chi connectivity index (χ2v) is 5.38. The zero-order valence-electron chi connectivity index (χ0n) is 9.51. The molecule has 2 rings (SSSR count). The fourth-order valence-electron chi connectivity index (χ4n) is 3.04. The number of hydrogen-bond donors (Lipinski definition) is 1. The molecule has 2 nitrogen and oxygen atoms in total. The number of nitrogens with one attached hydrogen (secondary N) is 1. The SMILES string of the molecule is C=C(Cl)CN(CC)C1CC2CCC(C1)N2. The minimum absolute atomic E-state index is 0.712. The fraction of sp³-hybridized carbons (Fsp3) is 0.833. The van der Waals surface area contributed by atoms with Crippen LogP contribution in [-0.4, -0.2) is 36.1 Å². The molecule has 86 valence electrons. The molecule has 1 N–H and O–H groups in total. The van der Waals surface area contributed by atoms with Crippen LogP contribution in [0.2, 0.25) is 0 Å². The van der Waals surface area contributed by atoms with Crippen LogP contribution < -0.4 is 5.32 Å². The van der Waals surface area contributed by atoms with E-state index in [-0.39, 0.29) is 0 Å². The molecule has 0 saturated carbocycles. The molecule has 0 spiro atoms. The summed E-state index contributed by atoms with van der Waals surface area (Å²) in [5.74, 6) is 0. The molecule has 2 fully saturated rings. The van der Waals surface area contributed by atoms with Gasteiger partial charge < -0.3 is 5.32 Å². The van der Waals surface area contributed by atoms with Gasteiger partial charge in [-0.25, -0.2) is 0 Å². The first-order valence-electron chi connectivity index (χ1n) is 6.02. The molecule has 2 bridgehead atoms. The summed E-state index contributed by atoms with van der Waals surface area (Å²) in [7, 11) is 0. The van der Waals surface area contributed by atoms with E-state index >= 15 is 0 Å². The van der Waals surface area contributed by atoms with E-state index in [1.54, 1.807) is 0 Å². The van der Waals surface area contributed by atoms with Crippen LogP contribution in [0.4, 0.5) is 0 Å². The van der Waals surface area contributed by atoms with Gasteiger partial charge in [0.1, 0.15) is 0 Å². The molecule has 0 aromatic rings. The molecule has 3 heteroatoms. The number of halogens is 1. The number of hydrogen-bond acceptors (Lipinski definition) is 2. The van der Waals surface area contributed by atoms with Gasteiger partial charge in [-0.15, -0.1) is 0 Å². The first-order valence-corrected chi connectivity index (χ1v) is 6.40. The molecule has 2 aliphatic heterocycles. The second kappa shape index (κ2) is 4.86. The molecule has 2 saturated heterocycles. The summed E-state index contributed by atoms with van der Waals surface area (Å²) < 4.78 is 0. The highest BCUT2D eigenvalue weighted by molar-refractivity contribution is 6.29. The fourth-order valence-corrected chi connectivity index (χ4v) is 3.20. The molecule has 2 atom stereocenters. The summed E-state index contributed by atoms with van der Waals surface area (Å²) in [6, 6.07) is 2.22. The maximum atomic E-state index is 5.91. The predicted molar refractivity (Wildman–Crippen MR) is 65.2 cm³/mol. The molecular formula is C12H21ClN2. The van der Waals surface area contributed by atoms with Crippen molar-refractivity contribution in [2.24, 2.45) is 0 Å². The predicted octanol–water partition coefficient (Wildman–Crippen LogP) is 2.34. The number of fused-ring (bicyclic) bond motifs is 2. The third-order valence-corrected chi connectivity index (χ3v) is 3.86. The maximum absolute atomic E-state index is 5.91. The molecule has 2 aliphatic rings. The standard InChI is InChI=1S/C12H21ClN2/c1-3-15(8-9(2)13)12-6-10-4-5-11(7-12)14-10/h10-12,14H,2-8H2,1H3. The molecule has 0 aromatic carbocycles. The molecule has 0 aliphatic carbocycles. The number of rotatable bonds is 4. The third kappa shape index (κ3) is 2.74. The molecule has 0 amide bonds. The Morgan fingerprint density at radius 3 is 2.47 bits per heavy atom. The first-order chi connectivity index (χ1) is 7.19. The van der Waals surface area contributed by atoms with Gasteiger partial charge in [-0.1, -0.05) is 25.1 Å². The Morgan fingerprint density at radius 2 is 2.00 bits per heavy atom. The average Bonchev–Trinajstić information content (AvgIpc) is 2.54. The van der Waals surface area contributed by atoms with E-state index in [1.807, 2.05) is 0 Å². The van der Waals surface area contributed by atoms with Gasteiger partial charge in [0.05, 0.1) is 0 Å². The van der Waals surface area contributed by atoms with Gasteiger partial charge in [0, 0.05) is 29.7 Å². The monoisotopic (exact) mass is 228 g/mol. The smallest absolute Gasteiger partial charge is 0.0338 e. The van der Waals surface area contributed by atoms with E-state index in [9.17, 15) is 0 Å². The molecule has 2 heterocycles. The Hall–Kier alpha value is -0.0500. The van der Waals surface area contributed by atoms with Crippen molar-refractivity contribution in [1.29, 1.82) is 0 Å². The highest BCUT2D eigenvalue weighted by Gasteiger charge is 2.35. The van der Waals surface area contributed by atoms with Gasteiger partial charge in [0.15, 0.2) is 0 Å². The highest BCUT2D eigenvalue weighted by atomic mass is 35.5. The molecule has 0 radical (unpaired) electrons. The van der Waals surface area contributed by atoms with E-state index in [0.717, 1.165) is 30.2 Å². The van der Waals surface area contributed by atoms with E-state index in [0.29, 0.717) is 6.04 Å². The Kier molecular flexibility index (Phi) is 3.70. The Labute approximate surface area is 97.7 Å². The van der Waals surface area contributed by atoms with Crippen molar-refractivity contribution in [3.63, 3.8) is 0 Å². The van der Waals surface area contributed by atoms with Crippen molar-refractivity contribution in [1.82, 2.24) is 10.2 Å². The van der Waals surface area contributed by atoms with Crippen LogP contribution in [0.1, 0.15) is 32.6 Å². The third-order valence-electron chi connectivity index (χ3n) is 3.75. The summed E-state index contributed by atoms with van der Waals surface area (Å²) in [6.07, 6.45) is 5.30. The van der Waals surface area contributed by atoms with Gasteiger partial charge in [0.25, 0.3) is 0 Å². The molecular weight excluding hydrogens is 208 g/mol. The number of likely N-dealkylation sites (N-methyl/N-ethyl adjacent to an activating group) is 1. The summed E-state index contributed by atoms with van der Waals surface area (Å²) in [6.45, 7) is 7.94. The van der Waals surface area contributed by atoms with Crippen LogP contribution in [0.5, 0.6) is 0 Å². The van der Waals surface area contributed by atoms with Gasteiger partial charge in [-0.05, 0) is 32.2 Å².